The Labute approximate surface area is 106 Å². The molecule has 2 aliphatic rings. The van der Waals surface area contributed by atoms with Gasteiger partial charge in [0.25, 0.3) is 0 Å². The van der Waals surface area contributed by atoms with Gasteiger partial charge in [-0.05, 0) is 32.1 Å². The number of fused-ring (bicyclic) bond motifs is 1. The molecule has 0 amide bonds. The van der Waals surface area contributed by atoms with E-state index in [1.54, 1.807) is 11.3 Å². The van der Waals surface area contributed by atoms with E-state index in [1.807, 2.05) is 0 Å². The van der Waals surface area contributed by atoms with Gasteiger partial charge in [-0.1, -0.05) is 12.8 Å². The maximum absolute atomic E-state index is 9.95. The first-order valence-electron chi connectivity index (χ1n) is 6.66. The van der Waals surface area contributed by atoms with Crippen molar-refractivity contribution in [2.45, 2.75) is 57.1 Å². The zero-order valence-electron chi connectivity index (χ0n) is 10.4. The minimum absolute atomic E-state index is 0.319. The Bertz CT molecular complexity index is 398. The van der Waals surface area contributed by atoms with Crippen molar-refractivity contribution in [2.75, 3.05) is 11.9 Å². The summed E-state index contributed by atoms with van der Waals surface area (Å²) in [4.78, 5) is 8.32. The monoisotopic (exact) mass is 252 g/mol. The quantitative estimate of drug-likeness (QED) is 0.879. The van der Waals surface area contributed by atoms with Gasteiger partial charge in [0.05, 0.1) is 11.8 Å². The Hall–Kier alpha value is -0.610. The van der Waals surface area contributed by atoms with Crippen molar-refractivity contribution in [2.24, 2.45) is 0 Å². The fourth-order valence-electron chi connectivity index (χ4n) is 2.98. The summed E-state index contributed by atoms with van der Waals surface area (Å²) < 4.78 is 0. The molecule has 0 saturated heterocycles. The van der Waals surface area contributed by atoms with Crippen LogP contribution in [-0.2, 0) is 6.42 Å². The number of aromatic nitrogens is 1. The van der Waals surface area contributed by atoms with E-state index in [0.717, 1.165) is 30.1 Å². The van der Waals surface area contributed by atoms with Crippen LogP contribution in [0.4, 0.5) is 5.13 Å². The number of rotatable bonds is 2. The third kappa shape index (κ3) is 2.08. The van der Waals surface area contributed by atoms with E-state index in [1.165, 1.54) is 30.6 Å². The van der Waals surface area contributed by atoms with E-state index in [2.05, 4.69) is 16.9 Å². The lowest BCUT2D eigenvalue weighted by atomic mass is 10.0. The summed E-state index contributed by atoms with van der Waals surface area (Å²) in [5.74, 6) is 0. The number of nitrogens with zero attached hydrogens (tertiary/aromatic N) is 2. The molecule has 1 unspecified atom stereocenters. The molecular formula is C13H20N2OS. The summed E-state index contributed by atoms with van der Waals surface area (Å²) in [6.45, 7) is 0. The molecule has 0 aromatic carbocycles. The summed E-state index contributed by atoms with van der Waals surface area (Å²) in [6.07, 6.45) is 8.05. The number of aliphatic hydroxyl groups is 1. The van der Waals surface area contributed by atoms with Crippen LogP contribution >= 0.6 is 11.3 Å². The molecule has 3 nitrogen and oxygen atoms in total. The van der Waals surface area contributed by atoms with Crippen LogP contribution in [-0.4, -0.2) is 23.2 Å². The normalized spacial score (nSPS) is 24.9. The predicted octanol–water partition coefficient (Wildman–Crippen LogP) is 2.89. The van der Waals surface area contributed by atoms with Gasteiger partial charge in [0.2, 0.25) is 0 Å². The van der Waals surface area contributed by atoms with Gasteiger partial charge in [0.1, 0.15) is 0 Å². The highest BCUT2D eigenvalue weighted by Gasteiger charge is 2.27. The molecular weight excluding hydrogens is 232 g/mol. The summed E-state index contributed by atoms with van der Waals surface area (Å²) >= 11 is 1.79. The maximum atomic E-state index is 9.95. The van der Waals surface area contributed by atoms with E-state index in [4.69, 9.17) is 0 Å². The Kier molecular flexibility index (Phi) is 3.09. The number of aliphatic hydroxyl groups excluding tert-OH is 1. The van der Waals surface area contributed by atoms with Crippen LogP contribution in [0.1, 0.15) is 55.2 Å². The van der Waals surface area contributed by atoms with Crippen LogP contribution < -0.4 is 4.90 Å². The van der Waals surface area contributed by atoms with Gasteiger partial charge < -0.3 is 10.0 Å². The Morgan fingerprint density at radius 1 is 1.24 bits per heavy atom. The largest absolute Gasteiger partial charge is 0.387 e. The summed E-state index contributed by atoms with van der Waals surface area (Å²) in [5, 5.41) is 11.1. The SMILES string of the molecule is CN(c1nc2c(s1)CCCC2O)C1CCCC1. The first kappa shape index (κ1) is 11.5. The van der Waals surface area contributed by atoms with Gasteiger partial charge in [-0.15, -0.1) is 11.3 Å². The average Bonchev–Trinajstić information content (AvgIpc) is 2.98. The highest BCUT2D eigenvalue weighted by Crippen LogP contribution is 2.38. The minimum atomic E-state index is -0.319. The lowest BCUT2D eigenvalue weighted by Crippen LogP contribution is -2.28. The van der Waals surface area contributed by atoms with Crippen LogP contribution in [0.2, 0.25) is 0 Å². The second kappa shape index (κ2) is 4.58. The highest BCUT2D eigenvalue weighted by atomic mass is 32.1. The van der Waals surface area contributed by atoms with Crippen molar-refractivity contribution in [3.05, 3.63) is 10.6 Å². The molecule has 2 aliphatic carbocycles. The molecule has 1 N–H and O–H groups in total. The average molecular weight is 252 g/mol. The van der Waals surface area contributed by atoms with E-state index in [9.17, 15) is 5.11 Å². The van der Waals surface area contributed by atoms with Crippen molar-refractivity contribution < 1.29 is 5.11 Å². The molecule has 1 atom stereocenters. The topological polar surface area (TPSA) is 36.4 Å². The third-order valence-corrected chi connectivity index (χ3v) is 5.31. The second-order valence-corrected chi connectivity index (χ2v) is 6.32. The van der Waals surface area contributed by atoms with Crippen molar-refractivity contribution in [1.82, 2.24) is 4.98 Å². The van der Waals surface area contributed by atoms with Gasteiger partial charge in [0, 0.05) is 18.0 Å². The number of thiazole rings is 1. The smallest absolute Gasteiger partial charge is 0.185 e. The minimum Gasteiger partial charge on any atom is -0.387 e. The Morgan fingerprint density at radius 2 is 2.00 bits per heavy atom. The van der Waals surface area contributed by atoms with Crippen LogP contribution in [0, 0.1) is 0 Å². The Balaban J connectivity index is 1.83. The van der Waals surface area contributed by atoms with E-state index in [-0.39, 0.29) is 6.10 Å². The van der Waals surface area contributed by atoms with Crippen molar-refractivity contribution in [3.63, 3.8) is 0 Å². The molecule has 0 spiro atoms. The number of aryl methyl sites for hydroxylation is 1. The van der Waals surface area contributed by atoms with E-state index < -0.39 is 0 Å². The molecule has 94 valence electrons. The lowest BCUT2D eigenvalue weighted by Gasteiger charge is -2.23. The fraction of sp³-hybridized carbons (Fsp3) is 0.769. The zero-order chi connectivity index (χ0) is 11.8. The molecule has 0 radical (unpaired) electrons. The number of anilines is 1. The van der Waals surface area contributed by atoms with Crippen LogP contribution in [0.5, 0.6) is 0 Å². The molecule has 3 rings (SSSR count). The number of hydrogen-bond donors (Lipinski definition) is 1. The van der Waals surface area contributed by atoms with Crippen molar-refractivity contribution in [3.8, 4) is 0 Å². The van der Waals surface area contributed by atoms with Gasteiger partial charge >= 0.3 is 0 Å². The first-order valence-corrected chi connectivity index (χ1v) is 7.48. The van der Waals surface area contributed by atoms with E-state index >= 15 is 0 Å². The third-order valence-electron chi connectivity index (χ3n) is 4.09. The maximum Gasteiger partial charge on any atom is 0.185 e. The second-order valence-electron chi connectivity index (χ2n) is 5.26. The first-order chi connectivity index (χ1) is 8.25. The predicted molar refractivity (Wildman–Crippen MR) is 70.7 cm³/mol. The standard InChI is InChI=1S/C13H20N2OS/c1-15(9-5-2-3-6-9)13-14-12-10(16)7-4-8-11(12)17-13/h9-10,16H,2-8H2,1H3. The molecule has 1 saturated carbocycles. The summed E-state index contributed by atoms with van der Waals surface area (Å²) in [5.41, 5.74) is 0.959. The van der Waals surface area contributed by atoms with Crippen LogP contribution in [0.25, 0.3) is 0 Å². The molecule has 1 aromatic rings. The Morgan fingerprint density at radius 3 is 2.71 bits per heavy atom. The van der Waals surface area contributed by atoms with Gasteiger partial charge in [-0.25, -0.2) is 4.98 Å². The van der Waals surface area contributed by atoms with Crippen LogP contribution in [0.3, 0.4) is 0 Å². The van der Waals surface area contributed by atoms with Gasteiger partial charge in [-0.2, -0.15) is 0 Å². The molecule has 0 aliphatic heterocycles. The number of hydrogen-bond acceptors (Lipinski definition) is 4. The molecule has 1 fully saturated rings. The van der Waals surface area contributed by atoms with Crippen molar-refractivity contribution in [1.29, 1.82) is 0 Å². The van der Waals surface area contributed by atoms with Crippen molar-refractivity contribution >= 4 is 16.5 Å². The molecule has 17 heavy (non-hydrogen) atoms. The molecule has 0 bridgehead atoms. The fourth-order valence-corrected chi connectivity index (χ4v) is 4.17. The summed E-state index contributed by atoms with van der Waals surface area (Å²) in [7, 11) is 2.16. The lowest BCUT2D eigenvalue weighted by molar-refractivity contribution is 0.153. The zero-order valence-corrected chi connectivity index (χ0v) is 11.2. The van der Waals surface area contributed by atoms with Gasteiger partial charge in [-0.3, -0.25) is 0 Å². The molecule has 4 heteroatoms. The van der Waals surface area contributed by atoms with Gasteiger partial charge in [0.15, 0.2) is 5.13 Å². The van der Waals surface area contributed by atoms with E-state index in [0.29, 0.717) is 6.04 Å². The summed E-state index contributed by atoms with van der Waals surface area (Å²) in [6, 6.07) is 0.666. The van der Waals surface area contributed by atoms with Crippen LogP contribution in [0.15, 0.2) is 0 Å². The molecule has 1 heterocycles. The highest BCUT2D eigenvalue weighted by molar-refractivity contribution is 7.15. The molecule has 1 aromatic heterocycles.